The van der Waals surface area contributed by atoms with E-state index in [9.17, 15) is 23.6 Å². The van der Waals surface area contributed by atoms with E-state index in [-0.39, 0.29) is 43.6 Å². The van der Waals surface area contributed by atoms with Gasteiger partial charge < -0.3 is 20.1 Å². The molecule has 0 spiro atoms. The topological polar surface area (TPSA) is 128 Å². The average molecular weight is 512 g/mol. The van der Waals surface area contributed by atoms with E-state index in [0.29, 0.717) is 6.41 Å². The molecule has 0 aliphatic rings. The van der Waals surface area contributed by atoms with Crippen molar-refractivity contribution in [2.45, 2.75) is 78.2 Å². The van der Waals surface area contributed by atoms with Crippen molar-refractivity contribution in [1.82, 2.24) is 9.96 Å². The molecule has 2 N–H and O–H groups in total. The van der Waals surface area contributed by atoms with Gasteiger partial charge in [-0.1, -0.05) is 0 Å². The molecule has 0 unspecified atom stereocenters. The Morgan fingerprint density at radius 3 is 2.25 bits per heavy atom. The van der Waals surface area contributed by atoms with Gasteiger partial charge in [-0.3, -0.25) is 19.2 Å². The van der Waals surface area contributed by atoms with Crippen LogP contribution in [0.1, 0.15) is 70.3 Å². The second-order valence-electron chi connectivity index (χ2n) is 10.3. The van der Waals surface area contributed by atoms with Crippen molar-refractivity contribution in [2.75, 3.05) is 20.2 Å². The molecule has 0 heterocycles. The Bertz CT molecular complexity index is 925. The number of ether oxygens (including phenoxy) is 2. The van der Waals surface area contributed by atoms with Crippen LogP contribution in [0.2, 0.25) is 0 Å². The summed E-state index contributed by atoms with van der Waals surface area (Å²) in [5.74, 6) is -2.55. The van der Waals surface area contributed by atoms with Gasteiger partial charge in [-0.25, -0.2) is 14.2 Å². The van der Waals surface area contributed by atoms with Crippen molar-refractivity contribution < 1.29 is 37.9 Å². The number of amides is 2. The number of halogens is 1. The standard InChI is InChI=1S/C25H38FN3O7/c1-24(2,3)35-23(33)17-9-10-19(26)18(13-17)15-28(22(32)20(27)14-21(31)34-7)11-8-12-29(16-30)36-25(4,5)6/h9-10,13,16,20H,8,11-12,14-15,27H2,1-7H3/t20-/m0/s1. The normalized spacial score (nSPS) is 12.5. The maximum absolute atomic E-state index is 14.7. The van der Waals surface area contributed by atoms with E-state index in [1.54, 1.807) is 41.5 Å². The minimum absolute atomic E-state index is 0.0650. The molecular formula is C25H38FN3O7. The molecule has 11 heteroatoms. The van der Waals surface area contributed by atoms with Crippen LogP contribution in [0.25, 0.3) is 0 Å². The zero-order valence-corrected chi connectivity index (χ0v) is 22.1. The Morgan fingerprint density at radius 2 is 1.72 bits per heavy atom. The van der Waals surface area contributed by atoms with Gasteiger partial charge in [-0.05, 0) is 66.2 Å². The maximum atomic E-state index is 14.7. The third-order valence-electron chi connectivity index (χ3n) is 4.60. The van der Waals surface area contributed by atoms with E-state index >= 15 is 0 Å². The number of methoxy groups -OCH3 is 1. The molecule has 0 saturated heterocycles. The molecule has 0 aliphatic carbocycles. The largest absolute Gasteiger partial charge is 0.469 e. The molecule has 202 valence electrons. The van der Waals surface area contributed by atoms with Gasteiger partial charge in [0, 0.05) is 18.7 Å². The van der Waals surface area contributed by atoms with E-state index in [1.807, 2.05) is 0 Å². The highest BCUT2D eigenvalue weighted by atomic mass is 19.1. The number of carbonyl (C=O) groups excluding carboxylic acids is 4. The van der Waals surface area contributed by atoms with Crippen LogP contribution in [0.4, 0.5) is 4.39 Å². The average Bonchev–Trinajstić information content (AvgIpc) is 2.76. The predicted molar refractivity (Wildman–Crippen MR) is 130 cm³/mol. The smallest absolute Gasteiger partial charge is 0.338 e. The molecule has 36 heavy (non-hydrogen) atoms. The third-order valence-corrected chi connectivity index (χ3v) is 4.60. The number of hydroxylamine groups is 2. The molecule has 0 aromatic heterocycles. The second-order valence-corrected chi connectivity index (χ2v) is 10.3. The number of esters is 2. The van der Waals surface area contributed by atoms with E-state index in [0.717, 1.165) is 11.1 Å². The number of hydrogen-bond acceptors (Lipinski definition) is 8. The van der Waals surface area contributed by atoms with Crippen molar-refractivity contribution in [3.63, 3.8) is 0 Å². The number of hydrogen-bond donors (Lipinski definition) is 1. The monoisotopic (exact) mass is 511 g/mol. The van der Waals surface area contributed by atoms with Crippen LogP contribution in [-0.4, -0.2) is 71.7 Å². The Morgan fingerprint density at radius 1 is 1.08 bits per heavy atom. The van der Waals surface area contributed by atoms with Crippen molar-refractivity contribution in [1.29, 1.82) is 0 Å². The molecule has 10 nitrogen and oxygen atoms in total. The number of carbonyl (C=O) groups is 4. The first-order chi connectivity index (χ1) is 16.6. The summed E-state index contributed by atoms with van der Waals surface area (Å²) in [5.41, 5.74) is 4.76. The molecule has 0 aliphatic heterocycles. The fraction of sp³-hybridized carbons (Fsp3) is 0.600. The van der Waals surface area contributed by atoms with Crippen LogP contribution in [0, 0.1) is 5.82 Å². The van der Waals surface area contributed by atoms with E-state index in [1.165, 1.54) is 24.1 Å². The molecular weight excluding hydrogens is 473 g/mol. The summed E-state index contributed by atoms with van der Waals surface area (Å²) in [7, 11) is 1.18. The fourth-order valence-electron chi connectivity index (χ4n) is 3.11. The highest BCUT2D eigenvalue weighted by molar-refractivity contribution is 5.90. The van der Waals surface area contributed by atoms with Crippen molar-refractivity contribution >= 4 is 24.3 Å². The lowest BCUT2D eigenvalue weighted by Gasteiger charge is -2.29. The molecule has 1 aromatic carbocycles. The van der Waals surface area contributed by atoms with Gasteiger partial charge in [-0.2, -0.15) is 0 Å². The highest BCUT2D eigenvalue weighted by Gasteiger charge is 2.26. The molecule has 1 atom stereocenters. The lowest BCUT2D eigenvalue weighted by Crippen LogP contribution is -2.45. The van der Waals surface area contributed by atoms with Gasteiger partial charge in [0.05, 0.1) is 37.3 Å². The maximum Gasteiger partial charge on any atom is 0.338 e. The van der Waals surface area contributed by atoms with Gasteiger partial charge in [0.2, 0.25) is 12.3 Å². The van der Waals surface area contributed by atoms with Crippen LogP contribution in [0.15, 0.2) is 18.2 Å². The number of rotatable bonds is 12. The highest BCUT2D eigenvalue weighted by Crippen LogP contribution is 2.18. The van der Waals surface area contributed by atoms with Crippen LogP contribution < -0.4 is 5.73 Å². The summed E-state index contributed by atoms with van der Waals surface area (Å²) in [6.45, 7) is 10.5. The SMILES string of the molecule is COC(=O)C[C@H](N)C(=O)N(CCCN(C=O)OC(C)(C)C)Cc1cc(C(=O)OC(C)(C)C)ccc1F. The van der Waals surface area contributed by atoms with Gasteiger partial charge in [-0.15, -0.1) is 0 Å². The minimum Gasteiger partial charge on any atom is -0.469 e. The summed E-state index contributed by atoms with van der Waals surface area (Å²) in [5, 5.41) is 1.11. The number of nitrogens with two attached hydrogens (primary N) is 1. The Hall–Kier alpha value is -3.05. The summed E-state index contributed by atoms with van der Waals surface area (Å²) in [4.78, 5) is 55.3. The summed E-state index contributed by atoms with van der Waals surface area (Å²) < 4.78 is 24.6. The number of nitrogens with zero attached hydrogens (tertiary/aromatic N) is 2. The summed E-state index contributed by atoms with van der Waals surface area (Å²) in [6, 6.07) is 2.52. The second kappa shape index (κ2) is 13.3. The predicted octanol–water partition coefficient (Wildman–Crippen LogP) is 2.58. The first kappa shape index (κ1) is 31.0. The Balaban J connectivity index is 3.12. The Kier molecular flexibility index (Phi) is 11.5. The van der Waals surface area contributed by atoms with Crippen molar-refractivity contribution in [3.8, 4) is 0 Å². The van der Waals surface area contributed by atoms with Gasteiger partial charge in [0.1, 0.15) is 11.4 Å². The van der Waals surface area contributed by atoms with Crippen LogP contribution >= 0.6 is 0 Å². The first-order valence-electron chi connectivity index (χ1n) is 11.6. The zero-order valence-electron chi connectivity index (χ0n) is 22.1. The van der Waals surface area contributed by atoms with Crippen molar-refractivity contribution in [2.24, 2.45) is 5.73 Å². The van der Waals surface area contributed by atoms with Crippen LogP contribution in [-0.2, 0) is 35.2 Å². The summed E-state index contributed by atoms with van der Waals surface area (Å²) >= 11 is 0. The van der Waals surface area contributed by atoms with Gasteiger partial charge in [0.25, 0.3) is 0 Å². The lowest BCUT2D eigenvalue weighted by atomic mass is 10.1. The fourth-order valence-corrected chi connectivity index (χ4v) is 3.11. The third kappa shape index (κ3) is 11.1. The first-order valence-corrected chi connectivity index (χ1v) is 11.6. The van der Waals surface area contributed by atoms with Crippen LogP contribution in [0.3, 0.4) is 0 Å². The van der Waals surface area contributed by atoms with E-state index < -0.39 is 40.9 Å². The zero-order chi connectivity index (χ0) is 27.7. The van der Waals surface area contributed by atoms with Crippen molar-refractivity contribution in [3.05, 3.63) is 35.1 Å². The van der Waals surface area contributed by atoms with Crippen LogP contribution in [0.5, 0.6) is 0 Å². The number of benzene rings is 1. The molecule has 0 bridgehead atoms. The molecule has 2 amide bonds. The summed E-state index contributed by atoms with van der Waals surface area (Å²) in [6.07, 6.45) is 0.448. The van der Waals surface area contributed by atoms with Gasteiger partial charge >= 0.3 is 11.9 Å². The molecule has 1 aromatic rings. The van der Waals surface area contributed by atoms with E-state index in [4.69, 9.17) is 15.3 Å². The van der Waals surface area contributed by atoms with E-state index in [2.05, 4.69) is 4.74 Å². The lowest BCUT2D eigenvalue weighted by molar-refractivity contribution is -0.216. The molecule has 0 saturated carbocycles. The Labute approximate surface area is 211 Å². The molecule has 0 radical (unpaired) electrons. The molecule has 1 rings (SSSR count). The van der Waals surface area contributed by atoms with Gasteiger partial charge in [0.15, 0.2) is 0 Å². The molecule has 0 fully saturated rings. The minimum atomic E-state index is -1.22. The quantitative estimate of drug-likeness (QED) is 0.258.